The third-order valence-corrected chi connectivity index (χ3v) is 9.59. The molecule has 0 N–H and O–H groups in total. The van der Waals surface area contributed by atoms with Gasteiger partial charge in [-0.3, -0.25) is 0 Å². The molecule has 0 aliphatic heterocycles. The SMILES string of the molecule is C=Cc1c(CC)cc(C)c2c1c1c(c3ccc(-c4nc5c(nc4-c4ccccc4)/C=C\CCC=C5)c(CCCC)c32)=CCC=CC=1. The van der Waals surface area contributed by atoms with Crippen LogP contribution in [0.3, 0.4) is 0 Å². The van der Waals surface area contributed by atoms with Crippen molar-refractivity contribution in [3.05, 3.63) is 123 Å². The molecule has 0 spiro atoms. The number of hydrogen-bond donors (Lipinski definition) is 0. The Balaban J connectivity index is 1.68. The zero-order valence-electron chi connectivity index (χ0n) is 27.4. The van der Waals surface area contributed by atoms with Crippen LogP contribution in [-0.2, 0) is 12.8 Å². The van der Waals surface area contributed by atoms with Crippen molar-refractivity contribution in [3.63, 3.8) is 0 Å². The molecule has 2 aliphatic carbocycles. The van der Waals surface area contributed by atoms with E-state index >= 15 is 0 Å². The van der Waals surface area contributed by atoms with Crippen LogP contribution in [0, 0.1) is 6.92 Å². The van der Waals surface area contributed by atoms with Crippen LogP contribution in [0.2, 0.25) is 0 Å². The molecular weight excluding hydrogens is 556 g/mol. The maximum Gasteiger partial charge on any atom is 0.0976 e. The molecule has 0 saturated carbocycles. The smallest absolute Gasteiger partial charge is 0.0976 e. The summed E-state index contributed by atoms with van der Waals surface area (Å²) in [5, 5.41) is 7.99. The van der Waals surface area contributed by atoms with Gasteiger partial charge in [-0.1, -0.05) is 118 Å². The summed E-state index contributed by atoms with van der Waals surface area (Å²) in [5.41, 5.74) is 11.4. The van der Waals surface area contributed by atoms with Crippen molar-refractivity contribution >= 4 is 51.9 Å². The molecule has 2 aliphatic rings. The van der Waals surface area contributed by atoms with Crippen molar-refractivity contribution in [2.75, 3.05) is 0 Å². The summed E-state index contributed by atoms with van der Waals surface area (Å²) in [5.74, 6) is 0. The largest absolute Gasteiger partial charge is 0.244 e. The molecule has 1 heterocycles. The van der Waals surface area contributed by atoms with E-state index in [0.717, 1.165) is 73.3 Å². The lowest BCUT2D eigenvalue weighted by Crippen LogP contribution is -2.27. The van der Waals surface area contributed by atoms with Gasteiger partial charge in [0, 0.05) is 11.1 Å². The number of rotatable bonds is 7. The van der Waals surface area contributed by atoms with E-state index in [9.17, 15) is 0 Å². The number of unbranched alkanes of at least 4 members (excludes halogenated alkanes) is 1. The Hall–Kier alpha value is -4.82. The first kappa shape index (κ1) is 29.9. The molecule has 228 valence electrons. The predicted molar refractivity (Wildman–Crippen MR) is 200 cm³/mol. The number of aromatic nitrogens is 2. The van der Waals surface area contributed by atoms with E-state index in [4.69, 9.17) is 9.97 Å². The van der Waals surface area contributed by atoms with E-state index < -0.39 is 0 Å². The number of fused-ring (bicyclic) bond motifs is 7. The standard InChI is InChI=1S/C44H42N2/c1-5-8-21-35-37(44-43(31-19-13-11-14-20-31)45-38-24-17-9-10-18-25-39(38)46-44)27-26-36-33-22-15-12-16-23-34(33)41-32(7-3)30(6-2)28-29(4)40(41)42(35)36/h7,11-14,16-20,22-28H,3,5-6,8-10,15,21H2,1-2,4H3/b24-17-,25-18?. The van der Waals surface area contributed by atoms with Crippen LogP contribution in [0.25, 0.3) is 74.4 Å². The minimum atomic E-state index is 0.917. The van der Waals surface area contributed by atoms with Crippen LogP contribution in [0.15, 0.2) is 79.4 Å². The summed E-state index contributed by atoms with van der Waals surface area (Å²) in [6.07, 6.45) is 27.2. The Morgan fingerprint density at radius 3 is 2.30 bits per heavy atom. The van der Waals surface area contributed by atoms with Gasteiger partial charge in [0.2, 0.25) is 0 Å². The second-order valence-corrected chi connectivity index (χ2v) is 12.5. The van der Waals surface area contributed by atoms with Gasteiger partial charge in [0.15, 0.2) is 0 Å². The van der Waals surface area contributed by atoms with E-state index in [0.29, 0.717) is 0 Å². The molecule has 1 aromatic heterocycles. The van der Waals surface area contributed by atoms with E-state index in [-0.39, 0.29) is 0 Å². The summed E-state index contributed by atoms with van der Waals surface area (Å²) in [6, 6.07) is 17.7. The van der Waals surface area contributed by atoms with Gasteiger partial charge in [0.1, 0.15) is 0 Å². The minimum Gasteiger partial charge on any atom is -0.244 e. The van der Waals surface area contributed by atoms with Crippen LogP contribution in [0.1, 0.15) is 79.6 Å². The first-order chi connectivity index (χ1) is 22.6. The highest BCUT2D eigenvalue weighted by molar-refractivity contribution is 6.15. The summed E-state index contributed by atoms with van der Waals surface area (Å²) in [7, 11) is 0. The highest BCUT2D eigenvalue weighted by Gasteiger charge is 2.22. The van der Waals surface area contributed by atoms with E-state index in [1.165, 1.54) is 59.8 Å². The van der Waals surface area contributed by atoms with Crippen molar-refractivity contribution < 1.29 is 0 Å². The van der Waals surface area contributed by atoms with Gasteiger partial charge < -0.3 is 0 Å². The molecule has 0 radical (unpaired) electrons. The molecule has 4 aromatic carbocycles. The monoisotopic (exact) mass is 598 g/mol. The van der Waals surface area contributed by atoms with Crippen molar-refractivity contribution in [1.29, 1.82) is 0 Å². The number of aryl methyl sites for hydroxylation is 3. The molecule has 0 atom stereocenters. The van der Waals surface area contributed by atoms with Gasteiger partial charge in [0.05, 0.1) is 22.8 Å². The molecule has 0 amide bonds. The van der Waals surface area contributed by atoms with Crippen molar-refractivity contribution in [1.82, 2.24) is 9.97 Å². The molecule has 0 fully saturated rings. The normalized spacial score (nSPS) is 14.5. The molecule has 5 aromatic rings. The predicted octanol–water partition coefficient (Wildman–Crippen LogP) is 10.3. The van der Waals surface area contributed by atoms with Crippen LogP contribution in [-0.4, -0.2) is 9.97 Å². The average molecular weight is 599 g/mol. The molecule has 46 heavy (non-hydrogen) atoms. The van der Waals surface area contributed by atoms with Crippen molar-refractivity contribution in [2.24, 2.45) is 0 Å². The van der Waals surface area contributed by atoms with Gasteiger partial charge >= 0.3 is 0 Å². The Morgan fingerprint density at radius 1 is 0.826 bits per heavy atom. The third-order valence-electron chi connectivity index (χ3n) is 9.59. The van der Waals surface area contributed by atoms with Gasteiger partial charge in [-0.15, -0.1) is 0 Å². The summed E-state index contributed by atoms with van der Waals surface area (Å²) >= 11 is 0. The quantitative estimate of drug-likeness (QED) is 0.174. The summed E-state index contributed by atoms with van der Waals surface area (Å²) < 4.78 is 0. The second kappa shape index (κ2) is 12.9. The second-order valence-electron chi connectivity index (χ2n) is 12.5. The van der Waals surface area contributed by atoms with Crippen molar-refractivity contribution in [2.45, 2.75) is 65.7 Å². The summed E-state index contributed by atoms with van der Waals surface area (Å²) in [6.45, 7) is 11.2. The first-order valence-corrected chi connectivity index (χ1v) is 17.0. The minimum absolute atomic E-state index is 0.917. The van der Waals surface area contributed by atoms with Gasteiger partial charge in [-0.25, -0.2) is 9.97 Å². The number of allylic oxidation sites excluding steroid dienone is 4. The third kappa shape index (κ3) is 5.16. The molecule has 2 nitrogen and oxygen atoms in total. The Labute approximate surface area is 272 Å². The fraction of sp³-hybridized carbons (Fsp3) is 0.227. The molecule has 0 unspecified atom stereocenters. The molecule has 2 heteroatoms. The highest BCUT2D eigenvalue weighted by atomic mass is 14.8. The summed E-state index contributed by atoms with van der Waals surface area (Å²) in [4.78, 5) is 10.8. The van der Waals surface area contributed by atoms with Crippen LogP contribution >= 0.6 is 0 Å². The maximum atomic E-state index is 5.46. The van der Waals surface area contributed by atoms with E-state index in [1.54, 1.807) is 0 Å². The molecular formula is C44H42N2. The Bertz CT molecular complexity index is 2210. The zero-order chi connectivity index (χ0) is 31.6. The average Bonchev–Trinajstić information content (AvgIpc) is 3.34. The topological polar surface area (TPSA) is 25.8 Å². The molecule has 0 bridgehead atoms. The highest BCUT2D eigenvalue weighted by Crippen LogP contribution is 2.40. The van der Waals surface area contributed by atoms with E-state index in [2.05, 4.69) is 131 Å². The first-order valence-electron chi connectivity index (χ1n) is 17.0. The van der Waals surface area contributed by atoms with Gasteiger partial charge in [0.25, 0.3) is 0 Å². The number of nitrogens with zero attached hydrogens (tertiary/aromatic N) is 2. The van der Waals surface area contributed by atoms with Crippen molar-refractivity contribution in [3.8, 4) is 22.5 Å². The maximum absolute atomic E-state index is 5.46. The lowest BCUT2D eigenvalue weighted by Gasteiger charge is -2.21. The number of benzene rings is 4. The lowest BCUT2D eigenvalue weighted by atomic mass is 9.83. The van der Waals surface area contributed by atoms with Crippen LogP contribution in [0.5, 0.6) is 0 Å². The Morgan fingerprint density at radius 2 is 1.59 bits per heavy atom. The zero-order valence-corrected chi connectivity index (χ0v) is 27.4. The Kier molecular flexibility index (Phi) is 8.37. The van der Waals surface area contributed by atoms with E-state index in [1.807, 2.05) is 0 Å². The fourth-order valence-electron chi connectivity index (χ4n) is 7.40. The van der Waals surface area contributed by atoms with Gasteiger partial charge in [-0.05, 0) is 112 Å². The molecule has 0 saturated heterocycles. The van der Waals surface area contributed by atoms with Gasteiger partial charge in [-0.2, -0.15) is 0 Å². The van der Waals surface area contributed by atoms with Crippen LogP contribution < -0.4 is 10.4 Å². The fourth-order valence-corrected chi connectivity index (χ4v) is 7.40. The van der Waals surface area contributed by atoms with Crippen LogP contribution in [0.4, 0.5) is 0 Å². The molecule has 7 rings (SSSR count). The number of hydrogen-bond acceptors (Lipinski definition) is 2. The lowest BCUT2D eigenvalue weighted by molar-refractivity contribution is 0.800.